The van der Waals surface area contributed by atoms with Gasteiger partial charge in [-0.1, -0.05) is 6.07 Å². The minimum absolute atomic E-state index is 0.0340. The number of carbonyl (C=O) groups is 1. The molecule has 0 atom stereocenters. The Bertz CT molecular complexity index is 758. The van der Waals surface area contributed by atoms with Crippen molar-refractivity contribution in [2.45, 2.75) is 19.9 Å². The van der Waals surface area contributed by atoms with Crippen LogP contribution in [0.3, 0.4) is 0 Å². The quantitative estimate of drug-likeness (QED) is 0.680. The van der Waals surface area contributed by atoms with E-state index < -0.39 is 0 Å². The van der Waals surface area contributed by atoms with Crippen LogP contribution in [-0.2, 0) is 13.0 Å². The Labute approximate surface area is 116 Å². The van der Waals surface area contributed by atoms with Gasteiger partial charge in [-0.05, 0) is 24.6 Å². The lowest BCUT2D eigenvalue weighted by molar-refractivity contribution is 0.0994. The number of ketones is 1. The molecule has 0 aliphatic carbocycles. The van der Waals surface area contributed by atoms with Gasteiger partial charge in [0.25, 0.3) is 0 Å². The molecule has 5 nitrogen and oxygen atoms in total. The smallest absolute Gasteiger partial charge is 0.169 e. The van der Waals surface area contributed by atoms with Crippen molar-refractivity contribution in [3.05, 3.63) is 54.1 Å². The Morgan fingerprint density at radius 1 is 1.25 bits per heavy atom. The van der Waals surface area contributed by atoms with Crippen molar-refractivity contribution < 1.29 is 4.79 Å². The number of carbonyl (C=O) groups excluding carboxylic acids is 1. The fourth-order valence-corrected chi connectivity index (χ4v) is 2.17. The minimum atomic E-state index is 0.0340. The van der Waals surface area contributed by atoms with Crippen LogP contribution in [0.5, 0.6) is 0 Å². The summed E-state index contributed by atoms with van der Waals surface area (Å²) in [5.41, 5.74) is 2.92. The van der Waals surface area contributed by atoms with Gasteiger partial charge >= 0.3 is 0 Å². The second-order valence-corrected chi connectivity index (χ2v) is 4.53. The fraction of sp³-hybridized carbons (Fsp3) is 0.200. The SMILES string of the molecule is CCn1cc(CC(=O)c2cccc3nccnc23)cn1. The molecule has 0 radical (unpaired) electrons. The largest absolute Gasteiger partial charge is 0.294 e. The zero-order valence-corrected chi connectivity index (χ0v) is 11.2. The number of aryl methyl sites for hydroxylation is 1. The highest BCUT2D eigenvalue weighted by Gasteiger charge is 2.13. The van der Waals surface area contributed by atoms with E-state index in [1.807, 2.05) is 29.9 Å². The van der Waals surface area contributed by atoms with Crippen LogP contribution >= 0.6 is 0 Å². The van der Waals surface area contributed by atoms with Crippen molar-refractivity contribution in [2.75, 3.05) is 0 Å². The molecule has 2 aromatic heterocycles. The molecule has 3 aromatic rings. The molecule has 5 heteroatoms. The standard InChI is InChI=1S/C15H14N4O/c1-2-19-10-11(9-18-19)8-14(20)12-4-3-5-13-15(12)17-7-6-16-13/h3-7,9-10H,2,8H2,1H3. The van der Waals surface area contributed by atoms with Gasteiger partial charge in [0.05, 0.1) is 17.2 Å². The summed E-state index contributed by atoms with van der Waals surface area (Å²) in [5, 5.41) is 4.18. The number of para-hydroxylation sites is 1. The van der Waals surface area contributed by atoms with Gasteiger partial charge in [-0.15, -0.1) is 0 Å². The average Bonchev–Trinajstić information content (AvgIpc) is 2.94. The molecule has 0 bridgehead atoms. The van der Waals surface area contributed by atoms with Crippen LogP contribution in [0.1, 0.15) is 22.8 Å². The van der Waals surface area contributed by atoms with Gasteiger partial charge in [0.2, 0.25) is 0 Å². The molecule has 0 saturated carbocycles. The summed E-state index contributed by atoms with van der Waals surface area (Å²) in [5.74, 6) is 0.0340. The Hall–Kier alpha value is -2.56. The summed E-state index contributed by atoms with van der Waals surface area (Å²) in [4.78, 5) is 20.9. The number of rotatable bonds is 4. The van der Waals surface area contributed by atoms with Crippen molar-refractivity contribution in [2.24, 2.45) is 0 Å². The van der Waals surface area contributed by atoms with Gasteiger partial charge in [0.15, 0.2) is 5.78 Å². The molecule has 0 aliphatic rings. The molecule has 0 unspecified atom stereocenters. The van der Waals surface area contributed by atoms with Crippen LogP contribution in [0.15, 0.2) is 43.0 Å². The fourth-order valence-electron chi connectivity index (χ4n) is 2.17. The third-order valence-corrected chi connectivity index (χ3v) is 3.17. The first-order chi connectivity index (χ1) is 9.78. The molecule has 2 heterocycles. The highest BCUT2D eigenvalue weighted by atomic mass is 16.1. The molecule has 0 fully saturated rings. The zero-order chi connectivity index (χ0) is 13.9. The maximum atomic E-state index is 12.4. The van der Waals surface area contributed by atoms with Crippen molar-refractivity contribution >= 4 is 16.8 Å². The van der Waals surface area contributed by atoms with E-state index in [4.69, 9.17) is 0 Å². The molecule has 20 heavy (non-hydrogen) atoms. The first-order valence-electron chi connectivity index (χ1n) is 6.52. The third-order valence-electron chi connectivity index (χ3n) is 3.17. The molecular weight excluding hydrogens is 252 g/mol. The lowest BCUT2D eigenvalue weighted by Gasteiger charge is -2.03. The van der Waals surface area contributed by atoms with Crippen LogP contribution in [-0.4, -0.2) is 25.5 Å². The molecule has 0 N–H and O–H groups in total. The molecule has 3 rings (SSSR count). The van der Waals surface area contributed by atoms with E-state index in [-0.39, 0.29) is 5.78 Å². The van der Waals surface area contributed by atoms with Gasteiger partial charge in [-0.2, -0.15) is 5.10 Å². The number of nitrogens with zero attached hydrogens (tertiary/aromatic N) is 4. The van der Waals surface area contributed by atoms with Gasteiger partial charge in [0, 0.05) is 37.1 Å². The van der Waals surface area contributed by atoms with Crippen LogP contribution < -0.4 is 0 Å². The second-order valence-electron chi connectivity index (χ2n) is 4.53. The number of hydrogen-bond donors (Lipinski definition) is 0. The number of benzene rings is 1. The maximum absolute atomic E-state index is 12.4. The Kier molecular flexibility index (Phi) is 3.25. The van der Waals surface area contributed by atoms with E-state index in [9.17, 15) is 4.79 Å². The predicted molar refractivity (Wildman–Crippen MR) is 75.5 cm³/mol. The highest BCUT2D eigenvalue weighted by molar-refractivity contribution is 6.06. The molecule has 0 spiro atoms. The number of hydrogen-bond acceptors (Lipinski definition) is 4. The third kappa shape index (κ3) is 2.30. The van der Waals surface area contributed by atoms with Crippen molar-refractivity contribution in [3.8, 4) is 0 Å². The topological polar surface area (TPSA) is 60.7 Å². The van der Waals surface area contributed by atoms with Gasteiger partial charge < -0.3 is 0 Å². The summed E-state index contributed by atoms with van der Waals surface area (Å²) in [6.45, 7) is 2.81. The average molecular weight is 266 g/mol. The second kappa shape index (κ2) is 5.21. The van der Waals surface area contributed by atoms with Crippen molar-refractivity contribution in [1.29, 1.82) is 0 Å². The Morgan fingerprint density at radius 2 is 2.10 bits per heavy atom. The van der Waals surface area contributed by atoms with E-state index in [2.05, 4.69) is 15.1 Å². The number of aromatic nitrogens is 4. The zero-order valence-electron chi connectivity index (χ0n) is 11.2. The normalized spacial score (nSPS) is 10.8. The van der Waals surface area contributed by atoms with E-state index in [1.165, 1.54) is 0 Å². The predicted octanol–water partition coefficient (Wildman–Crippen LogP) is 2.27. The van der Waals surface area contributed by atoms with Gasteiger partial charge in [0.1, 0.15) is 0 Å². The first kappa shape index (κ1) is 12.5. The molecule has 0 amide bonds. The van der Waals surface area contributed by atoms with Gasteiger partial charge in [-0.25, -0.2) is 0 Å². The van der Waals surface area contributed by atoms with E-state index in [0.29, 0.717) is 17.5 Å². The summed E-state index contributed by atoms with van der Waals surface area (Å²) in [7, 11) is 0. The van der Waals surface area contributed by atoms with E-state index in [0.717, 1.165) is 17.6 Å². The Balaban J connectivity index is 1.92. The molecule has 1 aromatic carbocycles. The Morgan fingerprint density at radius 3 is 2.90 bits per heavy atom. The lowest BCUT2D eigenvalue weighted by Crippen LogP contribution is -2.05. The summed E-state index contributed by atoms with van der Waals surface area (Å²) in [6, 6.07) is 5.48. The monoisotopic (exact) mass is 266 g/mol. The molecule has 0 aliphatic heterocycles. The van der Waals surface area contributed by atoms with Crippen LogP contribution in [0.25, 0.3) is 11.0 Å². The minimum Gasteiger partial charge on any atom is -0.294 e. The van der Waals surface area contributed by atoms with Crippen LogP contribution in [0.2, 0.25) is 0 Å². The number of fused-ring (bicyclic) bond motifs is 1. The summed E-state index contributed by atoms with van der Waals surface area (Å²) in [6.07, 6.45) is 7.19. The van der Waals surface area contributed by atoms with E-state index >= 15 is 0 Å². The number of Topliss-reactive ketones (excluding diaryl/α,β-unsaturated/α-hetero) is 1. The summed E-state index contributed by atoms with van der Waals surface area (Å²) >= 11 is 0. The maximum Gasteiger partial charge on any atom is 0.169 e. The van der Waals surface area contributed by atoms with Crippen molar-refractivity contribution in [3.63, 3.8) is 0 Å². The first-order valence-corrected chi connectivity index (χ1v) is 6.52. The van der Waals surface area contributed by atoms with Crippen LogP contribution in [0, 0.1) is 0 Å². The summed E-state index contributed by atoms with van der Waals surface area (Å²) < 4.78 is 1.81. The highest BCUT2D eigenvalue weighted by Crippen LogP contribution is 2.16. The molecular formula is C15H14N4O. The van der Waals surface area contributed by atoms with Gasteiger partial charge in [-0.3, -0.25) is 19.4 Å². The van der Waals surface area contributed by atoms with Crippen LogP contribution in [0.4, 0.5) is 0 Å². The molecule has 100 valence electrons. The van der Waals surface area contributed by atoms with E-state index in [1.54, 1.807) is 24.7 Å². The lowest BCUT2D eigenvalue weighted by atomic mass is 10.0. The molecule has 0 saturated heterocycles. The van der Waals surface area contributed by atoms with Crippen molar-refractivity contribution in [1.82, 2.24) is 19.7 Å².